The fourth-order valence-electron chi connectivity index (χ4n) is 2.83. The van der Waals surface area contributed by atoms with Crippen LogP contribution in [0.2, 0.25) is 0 Å². The molecule has 0 aromatic carbocycles. The monoisotopic (exact) mass is 262 g/mol. The Morgan fingerprint density at radius 3 is 2.68 bits per heavy atom. The molecule has 3 rings (SSSR count). The van der Waals surface area contributed by atoms with E-state index in [0.29, 0.717) is 17.9 Å². The zero-order chi connectivity index (χ0) is 13.2. The summed E-state index contributed by atoms with van der Waals surface area (Å²) >= 11 is 0. The van der Waals surface area contributed by atoms with Crippen LogP contribution in [0.15, 0.2) is 22.8 Å². The molecule has 1 aliphatic heterocycles. The Labute approximate surface area is 114 Å². The van der Waals surface area contributed by atoms with Crippen molar-refractivity contribution in [3.05, 3.63) is 24.2 Å². The Bertz CT molecular complexity index is 417. The summed E-state index contributed by atoms with van der Waals surface area (Å²) in [5.41, 5.74) is 0. The van der Waals surface area contributed by atoms with Crippen LogP contribution in [0.1, 0.15) is 44.4 Å². The van der Waals surface area contributed by atoms with Crippen molar-refractivity contribution in [3.8, 4) is 0 Å². The third-order valence-electron chi connectivity index (χ3n) is 4.19. The highest BCUT2D eigenvalue weighted by molar-refractivity contribution is 5.81. The first-order valence-electron chi connectivity index (χ1n) is 7.32. The zero-order valence-corrected chi connectivity index (χ0v) is 11.5. The molecule has 4 heteroatoms. The Hall–Kier alpha value is -1.29. The number of piperidine rings is 1. The summed E-state index contributed by atoms with van der Waals surface area (Å²) in [5.74, 6) is 1.72. The normalized spacial score (nSPS) is 22.5. The lowest BCUT2D eigenvalue weighted by Crippen LogP contribution is -2.45. The van der Waals surface area contributed by atoms with Crippen LogP contribution in [-0.4, -0.2) is 29.9 Å². The van der Waals surface area contributed by atoms with E-state index in [0.717, 1.165) is 44.5 Å². The van der Waals surface area contributed by atoms with Crippen molar-refractivity contribution in [1.29, 1.82) is 0 Å². The van der Waals surface area contributed by atoms with Gasteiger partial charge in [0.1, 0.15) is 5.76 Å². The first-order chi connectivity index (χ1) is 9.24. The van der Waals surface area contributed by atoms with Crippen LogP contribution in [-0.2, 0) is 4.79 Å². The van der Waals surface area contributed by atoms with E-state index in [9.17, 15) is 4.79 Å². The molecule has 4 nitrogen and oxygen atoms in total. The van der Waals surface area contributed by atoms with Crippen LogP contribution in [0, 0.1) is 5.92 Å². The molecule has 1 N–H and O–H groups in total. The molecule has 0 bridgehead atoms. The second-order valence-electron chi connectivity index (χ2n) is 5.78. The van der Waals surface area contributed by atoms with Gasteiger partial charge in [0.2, 0.25) is 5.91 Å². The maximum atomic E-state index is 12.0. The molecule has 2 fully saturated rings. The highest BCUT2D eigenvalue weighted by Gasteiger charge is 2.35. The van der Waals surface area contributed by atoms with Crippen molar-refractivity contribution in [1.82, 2.24) is 10.2 Å². The molecule has 1 atom stereocenters. The number of nitrogens with one attached hydrogen (secondary N) is 1. The lowest BCUT2D eigenvalue weighted by molar-refractivity contribution is -0.133. The standard InChI is InChI=1S/C15H22N2O2/c1-11(14-3-2-10-19-14)16-13-6-8-17(9-7-13)15(18)12-4-5-12/h2-3,10-13,16H,4-9H2,1H3. The topological polar surface area (TPSA) is 45.5 Å². The van der Waals surface area contributed by atoms with Gasteiger partial charge in [-0.05, 0) is 44.7 Å². The molecule has 0 radical (unpaired) electrons. The van der Waals surface area contributed by atoms with Crippen LogP contribution < -0.4 is 5.32 Å². The number of carbonyl (C=O) groups excluding carboxylic acids is 1. The van der Waals surface area contributed by atoms with Gasteiger partial charge in [-0.2, -0.15) is 0 Å². The number of amides is 1. The third kappa shape index (κ3) is 3.00. The van der Waals surface area contributed by atoms with E-state index >= 15 is 0 Å². The Morgan fingerprint density at radius 1 is 1.37 bits per heavy atom. The van der Waals surface area contributed by atoms with Gasteiger partial charge in [0.15, 0.2) is 0 Å². The summed E-state index contributed by atoms with van der Waals surface area (Å²) in [6.45, 7) is 3.93. The third-order valence-corrected chi connectivity index (χ3v) is 4.19. The average molecular weight is 262 g/mol. The fraction of sp³-hybridized carbons (Fsp3) is 0.667. The van der Waals surface area contributed by atoms with Crippen LogP contribution in [0.4, 0.5) is 0 Å². The quantitative estimate of drug-likeness (QED) is 0.906. The summed E-state index contributed by atoms with van der Waals surface area (Å²) < 4.78 is 5.41. The molecular formula is C15H22N2O2. The maximum absolute atomic E-state index is 12.0. The van der Waals surface area contributed by atoms with Gasteiger partial charge < -0.3 is 14.6 Å². The highest BCUT2D eigenvalue weighted by Crippen LogP contribution is 2.32. The van der Waals surface area contributed by atoms with Gasteiger partial charge in [0.05, 0.1) is 12.3 Å². The van der Waals surface area contributed by atoms with E-state index in [1.54, 1.807) is 6.26 Å². The average Bonchev–Trinajstić information content (AvgIpc) is 3.13. The zero-order valence-electron chi connectivity index (χ0n) is 11.5. The Kier molecular flexibility index (Phi) is 3.60. The van der Waals surface area contributed by atoms with Crippen LogP contribution in [0.25, 0.3) is 0 Å². The van der Waals surface area contributed by atoms with Crippen LogP contribution in [0.5, 0.6) is 0 Å². The van der Waals surface area contributed by atoms with Crippen LogP contribution >= 0.6 is 0 Å². The molecule has 2 heterocycles. The predicted octanol–water partition coefficient (Wildman–Crippen LogP) is 2.33. The van der Waals surface area contributed by atoms with E-state index in [4.69, 9.17) is 4.42 Å². The number of furan rings is 1. The molecule has 19 heavy (non-hydrogen) atoms. The van der Waals surface area contributed by atoms with Gasteiger partial charge in [-0.1, -0.05) is 0 Å². The Balaban J connectivity index is 1.46. The molecule has 1 saturated heterocycles. The molecule has 0 spiro atoms. The van der Waals surface area contributed by atoms with E-state index < -0.39 is 0 Å². The molecule has 1 amide bonds. The number of carbonyl (C=O) groups is 1. The van der Waals surface area contributed by atoms with Gasteiger partial charge in [-0.25, -0.2) is 0 Å². The summed E-state index contributed by atoms with van der Waals surface area (Å²) in [6.07, 6.45) is 6.01. The molecule has 1 aromatic heterocycles. The predicted molar refractivity (Wildman–Crippen MR) is 72.6 cm³/mol. The molecule has 104 valence electrons. The SMILES string of the molecule is CC(NC1CCN(C(=O)C2CC2)CC1)c1ccco1. The summed E-state index contributed by atoms with van der Waals surface area (Å²) in [4.78, 5) is 14.0. The second kappa shape index (κ2) is 5.37. The van der Waals surface area contributed by atoms with Gasteiger partial charge in [-0.3, -0.25) is 4.79 Å². The maximum Gasteiger partial charge on any atom is 0.225 e. The first-order valence-corrected chi connectivity index (χ1v) is 7.32. The first kappa shape index (κ1) is 12.7. The summed E-state index contributed by atoms with van der Waals surface area (Å²) in [7, 11) is 0. The summed E-state index contributed by atoms with van der Waals surface area (Å²) in [5, 5.41) is 3.59. The van der Waals surface area contributed by atoms with Crippen molar-refractivity contribution in [2.75, 3.05) is 13.1 Å². The molecule has 1 aliphatic carbocycles. The number of nitrogens with zero attached hydrogens (tertiary/aromatic N) is 1. The minimum Gasteiger partial charge on any atom is -0.468 e. The van der Waals surface area contributed by atoms with Crippen molar-refractivity contribution >= 4 is 5.91 Å². The number of likely N-dealkylation sites (tertiary alicyclic amines) is 1. The molecule has 1 saturated carbocycles. The van der Waals surface area contributed by atoms with Crippen molar-refractivity contribution in [2.45, 2.75) is 44.7 Å². The highest BCUT2D eigenvalue weighted by atomic mass is 16.3. The van der Waals surface area contributed by atoms with E-state index in [1.807, 2.05) is 17.0 Å². The van der Waals surface area contributed by atoms with Gasteiger partial charge in [0.25, 0.3) is 0 Å². The lowest BCUT2D eigenvalue weighted by Gasteiger charge is -2.33. The second-order valence-corrected chi connectivity index (χ2v) is 5.78. The smallest absolute Gasteiger partial charge is 0.225 e. The summed E-state index contributed by atoms with van der Waals surface area (Å²) in [6, 6.07) is 4.66. The van der Waals surface area contributed by atoms with Crippen molar-refractivity contribution in [2.24, 2.45) is 5.92 Å². The van der Waals surface area contributed by atoms with E-state index in [-0.39, 0.29) is 6.04 Å². The Morgan fingerprint density at radius 2 is 2.11 bits per heavy atom. The van der Waals surface area contributed by atoms with Gasteiger partial charge >= 0.3 is 0 Å². The van der Waals surface area contributed by atoms with Gasteiger partial charge in [-0.15, -0.1) is 0 Å². The van der Waals surface area contributed by atoms with Crippen molar-refractivity contribution < 1.29 is 9.21 Å². The lowest BCUT2D eigenvalue weighted by atomic mass is 10.0. The minimum atomic E-state index is 0.241. The number of hydrogen-bond donors (Lipinski definition) is 1. The molecular weight excluding hydrogens is 240 g/mol. The fourth-order valence-corrected chi connectivity index (χ4v) is 2.83. The largest absolute Gasteiger partial charge is 0.468 e. The van der Waals surface area contributed by atoms with Crippen LogP contribution in [0.3, 0.4) is 0 Å². The molecule has 1 unspecified atom stereocenters. The molecule has 1 aromatic rings. The van der Waals surface area contributed by atoms with E-state index in [1.165, 1.54) is 0 Å². The number of rotatable bonds is 4. The van der Waals surface area contributed by atoms with Gasteiger partial charge in [0, 0.05) is 25.0 Å². The van der Waals surface area contributed by atoms with Crippen molar-refractivity contribution in [3.63, 3.8) is 0 Å². The number of hydrogen-bond acceptors (Lipinski definition) is 3. The molecule has 2 aliphatic rings. The van der Waals surface area contributed by atoms with E-state index in [2.05, 4.69) is 12.2 Å². The minimum absolute atomic E-state index is 0.241.